The van der Waals surface area contributed by atoms with Gasteiger partial charge in [-0.2, -0.15) is 0 Å². The second kappa shape index (κ2) is 6.19. The minimum absolute atomic E-state index is 0.206. The van der Waals surface area contributed by atoms with Gasteiger partial charge in [-0.1, -0.05) is 23.2 Å². The third-order valence-electron chi connectivity index (χ3n) is 3.65. The van der Waals surface area contributed by atoms with Gasteiger partial charge in [0.1, 0.15) is 0 Å². The van der Waals surface area contributed by atoms with Gasteiger partial charge in [0.05, 0.1) is 16.8 Å². The van der Waals surface area contributed by atoms with E-state index in [4.69, 9.17) is 23.2 Å². The van der Waals surface area contributed by atoms with Crippen molar-refractivity contribution in [2.75, 3.05) is 5.32 Å². The maximum atomic E-state index is 12.6. The van der Waals surface area contributed by atoms with Crippen LogP contribution in [0, 0.1) is 13.8 Å². The number of amides is 1. The van der Waals surface area contributed by atoms with Crippen LogP contribution in [0.15, 0.2) is 42.5 Å². The predicted molar refractivity (Wildman–Crippen MR) is 95.6 cm³/mol. The van der Waals surface area contributed by atoms with Crippen LogP contribution in [0.5, 0.6) is 0 Å². The Balaban J connectivity index is 1.98. The number of rotatable bonds is 2. The SMILES string of the molecule is Cc1cc(Cl)ccc1NC(=O)c1cc2cc(Cl)ccc2nc1C. The highest BCUT2D eigenvalue weighted by Gasteiger charge is 2.13. The van der Waals surface area contributed by atoms with Gasteiger partial charge in [-0.15, -0.1) is 0 Å². The summed E-state index contributed by atoms with van der Waals surface area (Å²) in [4.78, 5) is 17.1. The van der Waals surface area contributed by atoms with E-state index in [2.05, 4.69) is 10.3 Å². The average molecular weight is 345 g/mol. The highest BCUT2D eigenvalue weighted by atomic mass is 35.5. The van der Waals surface area contributed by atoms with Crippen molar-refractivity contribution >= 4 is 45.7 Å². The lowest BCUT2D eigenvalue weighted by Crippen LogP contribution is -2.15. The number of benzene rings is 2. The van der Waals surface area contributed by atoms with Crippen LogP contribution in [-0.2, 0) is 0 Å². The Bertz CT molecular complexity index is 922. The van der Waals surface area contributed by atoms with Crippen LogP contribution in [0.25, 0.3) is 10.9 Å². The van der Waals surface area contributed by atoms with Crippen molar-refractivity contribution in [3.63, 3.8) is 0 Å². The average Bonchev–Trinajstić information content (AvgIpc) is 2.49. The van der Waals surface area contributed by atoms with Crippen molar-refractivity contribution in [2.24, 2.45) is 0 Å². The maximum absolute atomic E-state index is 12.6. The zero-order valence-corrected chi connectivity index (χ0v) is 14.2. The molecule has 0 radical (unpaired) electrons. The van der Waals surface area contributed by atoms with E-state index in [9.17, 15) is 4.79 Å². The first-order valence-corrected chi connectivity index (χ1v) is 7.84. The van der Waals surface area contributed by atoms with Crippen LogP contribution in [0.2, 0.25) is 10.0 Å². The summed E-state index contributed by atoms with van der Waals surface area (Å²) < 4.78 is 0. The molecule has 0 saturated heterocycles. The van der Waals surface area contributed by atoms with Crippen LogP contribution in [0.4, 0.5) is 5.69 Å². The smallest absolute Gasteiger partial charge is 0.257 e. The molecule has 0 fully saturated rings. The van der Waals surface area contributed by atoms with Gasteiger partial charge < -0.3 is 5.32 Å². The van der Waals surface area contributed by atoms with Crippen molar-refractivity contribution in [1.29, 1.82) is 0 Å². The summed E-state index contributed by atoms with van der Waals surface area (Å²) in [5.41, 5.74) is 3.63. The van der Waals surface area contributed by atoms with Crippen molar-refractivity contribution in [3.8, 4) is 0 Å². The first-order chi connectivity index (χ1) is 10.9. The first kappa shape index (κ1) is 15.8. The molecule has 3 aromatic rings. The topological polar surface area (TPSA) is 42.0 Å². The minimum Gasteiger partial charge on any atom is -0.322 e. The lowest BCUT2D eigenvalue weighted by atomic mass is 10.1. The molecular formula is C18H14Cl2N2O. The molecule has 0 bridgehead atoms. The molecule has 1 amide bonds. The minimum atomic E-state index is -0.206. The Hall–Kier alpha value is -2.10. The lowest BCUT2D eigenvalue weighted by Gasteiger charge is -2.11. The number of hydrogen-bond donors (Lipinski definition) is 1. The number of nitrogens with zero attached hydrogens (tertiary/aromatic N) is 1. The molecule has 0 spiro atoms. The fourth-order valence-electron chi connectivity index (χ4n) is 2.43. The molecular weight excluding hydrogens is 331 g/mol. The number of pyridine rings is 1. The van der Waals surface area contributed by atoms with E-state index >= 15 is 0 Å². The molecule has 1 aromatic heterocycles. The number of anilines is 1. The molecule has 0 aliphatic heterocycles. The van der Waals surface area contributed by atoms with Gasteiger partial charge in [0.15, 0.2) is 0 Å². The Morgan fingerprint density at radius 3 is 2.43 bits per heavy atom. The molecule has 23 heavy (non-hydrogen) atoms. The molecule has 3 nitrogen and oxygen atoms in total. The fraction of sp³-hybridized carbons (Fsp3) is 0.111. The summed E-state index contributed by atoms with van der Waals surface area (Å²) in [5, 5.41) is 4.99. The summed E-state index contributed by atoms with van der Waals surface area (Å²) in [7, 11) is 0. The Kier molecular flexibility index (Phi) is 4.24. The van der Waals surface area contributed by atoms with Crippen LogP contribution in [0.3, 0.4) is 0 Å². The fourth-order valence-corrected chi connectivity index (χ4v) is 2.84. The summed E-state index contributed by atoms with van der Waals surface area (Å²) in [5.74, 6) is -0.206. The first-order valence-electron chi connectivity index (χ1n) is 7.08. The van der Waals surface area contributed by atoms with Gasteiger partial charge in [0.25, 0.3) is 5.91 Å². The van der Waals surface area contributed by atoms with Gasteiger partial charge in [-0.05, 0) is 61.9 Å². The summed E-state index contributed by atoms with van der Waals surface area (Å²) in [6, 6.07) is 12.6. The summed E-state index contributed by atoms with van der Waals surface area (Å²) in [6.07, 6.45) is 0. The number of aryl methyl sites for hydroxylation is 2. The zero-order chi connectivity index (χ0) is 16.6. The predicted octanol–water partition coefficient (Wildman–Crippen LogP) is 5.41. The van der Waals surface area contributed by atoms with Crippen LogP contribution in [0.1, 0.15) is 21.6 Å². The van der Waals surface area contributed by atoms with Crippen LogP contribution in [-0.4, -0.2) is 10.9 Å². The molecule has 0 unspecified atom stereocenters. The third-order valence-corrected chi connectivity index (χ3v) is 4.12. The van der Waals surface area contributed by atoms with E-state index in [0.29, 0.717) is 21.3 Å². The monoisotopic (exact) mass is 344 g/mol. The van der Waals surface area contributed by atoms with E-state index in [1.54, 1.807) is 24.3 Å². The molecule has 116 valence electrons. The quantitative estimate of drug-likeness (QED) is 0.675. The molecule has 0 aliphatic carbocycles. The van der Waals surface area contributed by atoms with Gasteiger partial charge >= 0.3 is 0 Å². The normalized spacial score (nSPS) is 10.8. The maximum Gasteiger partial charge on any atom is 0.257 e. The second-order valence-electron chi connectivity index (χ2n) is 5.37. The number of fused-ring (bicyclic) bond motifs is 1. The van der Waals surface area contributed by atoms with E-state index < -0.39 is 0 Å². The highest BCUT2D eigenvalue weighted by Crippen LogP contribution is 2.23. The van der Waals surface area contributed by atoms with Gasteiger partial charge in [-0.3, -0.25) is 9.78 Å². The molecule has 2 aromatic carbocycles. The van der Waals surface area contributed by atoms with Crippen molar-refractivity contribution in [1.82, 2.24) is 4.98 Å². The molecule has 5 heteroatoms. The number of halogens is 2. The number of aromatic nitrogens is 1. The Morgan fingerprint density at radius 2 is 1.70 bits per heavy atom. The Morgan fingerprint density at radius 1 is 1.00 bits per heavy atom. The molecule has 1 heterocycles. The molecule has 1 N–H and O–H groups in total. The molecule has 0 atom stereocenters. The van der Waals surface area contributed by atoms with E-state index in [1.165, 1.54) is 0 Å². The van der Waals surface area contributed by atoms with Crippen molar-refractivity contribution in [2.45, 2.75) is 13.8 Å². The van der Waals surface area contributed by atoms with Crippen LogP contribution >= 0.6 is 23.2 Å². The lowest BCUT2D eigenvalue weighted by molar-refractivity contribution is 0.102. The van der Waals surface area contributed by atoms with Gasteiger partial charge in [-0.25, -0.2) is 0 Å². The van der Waals surface area contributed by atoms with E-state index in [0.717, 1.165) is 22.2 Å². The zero-order valence-electron chi connectivity index (χ0n) is 12.7. The van der Waals surface area contributed by atoms with Gasteiger partial charge in [0.2, 0.25) is 0 Å². The van der Waals surface area contributed by atoms with Crippen molar-refractivity contribution < 1.29 is 4.79 Å². The molecule has 0 saturated carbocycles. The Labute approximate surface area is 144 Å². The standard InChI is InChI=1S/C18H14Cl2N2O/c1-10-7-13(19)3-5-16(10)22-18(23)15-9-12-8-14(20)4-6-17(12)21-11(15)2/h3-9H,1-2H3,(H,22,23). The molecule has 0 aliphatic rings. The number of nitrogens with one attached hydrogen (secondary N) is 1. The van der Waals surface area contributed by atoms with E-state index in [-0.39, 0.29) is 5.91 Å². The highest BCUT2D eigenvalue weighted by molar-refractivity contribution is 6.31. The molecule has 3 rings (SSSR count). The second-order valence-corrected chi connectivity index (χ2v) is 6.24. The number of carbonyl (C=O) groups excluding carboxylic acids is 1. The van der Waals surface area contributed by atoms with E-state index in [1.807, 2.05) is 32.0 Å². The van der Waals surface area contributed by atoms with Crippen LogP contribution < -0.4 is 5.32 Å². The largest absolute Gasteiger partial charge is 0.322 e. The third kappa shape index (κ3) is 3.31. The number of hydrogen-bond acceptors (Lipinski definition) is 2. The summed E-state index contributed by atoms with van der Waals surface area (Å²) >= 11 is 12.0. The summed E-state index contributed by atoms with van der Waals surface area (Å²) in [6.45, 7) is 3.71. The van der Waals surface area contributed by atoms with Crippen molar-refractivity contribution in [3.05, 3.63) is 69.3 Å². The number of carbonyl (C=O) groups is 1. The van der Waals surface area contributed by atoms with Gasteiger partial charge in [0, 0.05) is 21.1 Å².